The van der Waals surface area contributed by atoms with E-state index in [1.54, 1.807) is 6.20 Å². The molecule has 1 aromatic heterocycles. The Hall–Kier alpha value is -1.97. The number of rotatable bonds is 2. The van der Waals surface area contributed by atoms with Gasteiger partial charge in [-0.15, -0.1) is 0 Å². The van der Waals surface area contributed by atoms with Crippen LogP contribution in [0.1, 0.15) is 12.5 Å². The predicted molar refractivity (Wildman–Crippen MR) is 61.6 cm³/mol. The molecule has 0 saturated carbocycles. The zero-order chi connectivity index (χ0) is 10.8. The van der Waals surface area contributed by atoms with Crippen LogP contribution in [-0.2, 0) is 6.42 Å². The minimum Gasteiger partial charge on any atom is -0.368 e. The minimum absolute atomic E-state index is 0.324. The third-order valence-electron chi connectivity index (χ3n) is 2.42. The van der Waals surface area contributed by atoms with Crippen LogP contribution < -0.4 is 11.6 Å². The third kappa shape index (κ3) is 1.79. The van der Waals surface area contributed by atoms with Crippen LogP contribution in [0.5, 0.6) is 0 Å². The molecule has 4 heteroatoms. The summed E-state index contributed by atoms with van der Waals surface area (Å²) in [5.74, 6) is 5.89. The lowest BCUT2D eigenvalue weighted by Crippen LogP contribution is -2.09. The molecule has 0 aliphatic carbocycles. The molecule has 0 saturated heterocycles. The van der Waals surface area contributed by atoms with E-state index < -0.39 is 0 Å². The van der Waals surface area contributed by atoms with Crippen LogP contribution in [0, 0.1) is 0 Å². The summed E-state index contributed by atoms with van der Waals surface area (Å²) in [6.07, 6.45) is 2.75. The van der Waals surface area contributed by atoms with Crippen molar-refractivity contribution < 1.29 is 0 Å². The van der Waals surface area contributed by atoms with Crippen molar-refractivity contribution in [3.8, 4) is 11.3 Å². The van der Waals surface area contributed by atoms with Gasteiger partial charge in [-0.3, -0.25) is 0 Å². The summed E-state index contributed by atoms with van der Waals surface area (Å²) in [4.78, 5) is 4.15. The molecular weight excluding hydrogens is 188 g/mol. The van der Waals surface area contributed by atoms with Gasteiger partial charge in [0.05, 0.1) is 11.9 Å². The fraction of sp³-hybridized carbons (Fsp3) is 0.182. The molecule has 4 N–H and O–H groups in total. The molecule has 0 fully saturated rings. The molecule has 0 radical (unpaired) electrons. The highest BCUT2D eigenvalue weighted by atomic mass is 15.3. The number of benzene rings is 1. The molecular formula is C11H14N4. The lowest BCUT2D eigenvalue weighted by molar-refractivity contribution is 1.02. The topological polar surface area (TPSA) is 69.9 Å². The van der Waals surface area contributed by atoms with Crippen LogP contribution >= 0.6 is 0 Å². The molecule has 0 atom stereocenters. The van der Waals surface area contributed by atoms with Gasteiger partial charge in [-0.25, -0.2) is 9.66 Å². The molecule has 78 valence electrons. The van der Waals surface area contributed by atoms with Crippen molar-refractivity contribution in [1.29, 1.82) is 0 Å². The van der Waals surface area contributed by atoms with E-state index in [9.17, 15) is 0 Å². The first-order chi connectivity index (χ1) is 7.20. The van der Waals surface area contributed by atoms with Crippen molar-refractivity contribution >= 4 is 5.95 Å². The molecule has 0 unspecified atom stereocenters. The van der Waals surface area contributed by atoms with E-state index in [1.807, 2.05) is 12.1 Å². The zero-order valence-electron chi connectivity index (χ0n) is 8.64. The number of nitrogens with zero attached hydrogens (tertiary/aromatic N) is 2. The summed E-state index contributed by atoms with van der Waals surface area (Å²) in [6, 6.07) is 8.23. The molecule has 0 amide bonds. The number of imidazole rings is 1. The summed E-state index contributed by atoms with van der Waals surface area (Å²) in [5, 5.41) is 0. The van der Waals surface area contributed by atoms with Gasteiger partial charge in [0.15, 0.2) is 0 Å². The highest BCUT2D eigenvalue weighted by Gasteiger charge is 2.04. The highest BCUT2D eigenvalue weighted by molar-refractivity contribution is 5.60. The van der Waals surface area contributed by atoms with E-state index in [2.05, 4.69) is 24.0 Å². The molecule has 2 rings (SSSR count). The monoisotopic (exact) mass is 202 g/mol. The Labute approximate surface area is 88.5 Å². The Bertz CT molecular complexity index is 436. The lowest BCUT2D eigenvalue weighted by Gasteiger charge is -1.98. The van der Waals surface area contributed by atoms with Gasteiger partial charge in [-0.1, -0.05) is 31.2 Å². The Morgan fingerprint density at radius 2 is 1.93 bits per heavy atom. The highest BCUT2D eigenvalue weighted by Crippen LogP contribution is 2.19. The second-order valence-electron chi connectivity index (χ2n) is 3.44. The second kappa shape index (κ2) is 3.65. The average molecular weight is 202 g/mol. The van der Waals surface area contributed by atoms with Crippen LogP contribution in [0.25, 0.3) is 11.3 Å². The molecule has 15 heavy (non-hydrogen) atoms. The summed E-state index contributed by atoms with van der Waals surface area (Å²) >= 11 is 0. The molecule has 2 aromatic rings. The third-order valence-corrected chi connectivity index (χ3v) is 2.42. The maximum Gasteiger partial charge on any atom is 0.219 e. The number of nitrogens with two attached hydrogens (primary N) is 2. The van der Waals surface area contributed by atoms with Gasteiger partial charge in [-0.2, -0.15) is 0 Å². The first-order valence-electron chi connectivity index (χ1n) is 4.90. The van der Waals surface area contributed by atoms with Crippen LogP contribution in [0.4, 0.5) is 5.95 Å². The van der Waals surface area contributed by atoms with E-state index in [1.165, 1.54) is 10.2 Å². The van der Waals surface area contributed by atoms with Crippen LogP contribution in [0.15, 0.2) is 30.5 Å². The van der Waals surface area contributed by atoms with E-state index in [4.69, 9.17) is 11.6 Å². The maximum absolute atomic E-state index is 5.56. The van der Waals surface area contributed by atoms with Gasteiger partial charge < -0.3 is 11.6 Å². The molecule has 0 aliphatic heterocycles. The summed E-state index contributed by atoms with van der Waals surface area (Å²) < 4.78 is 1.32. The summed E-state index contributed by atoms with van der Waals surface area (Å²) in [7, 11) is 0. The number of hydrogen-bond donors (Lipinski definition) is 2. The van der Waals surface area contributed by atoms with E-state index in [-0.39, 0.29) is 0 Å². The van der Waals surface area contributed by atoms with Crippen molar-refractivity contribution in [1.82, 2.24) is 9.66 Å². The van der Waals surface area contributed by atoms with E-state index >= 15 is 0 Å². The minimum atomic E-state index is 0.324. The fourth-order valence-electron chi connectivity index (χ4n) is 1.46. The quantitative estimate of drug-likeness (QED) is 0.723. The zero-order valence-corrected chi connectivity index (χ0v) is 8.64. The summed E-state index contributed by atoms with van der Waals surface area (Å²) in [6.45, 7) is 2.13. The second-order valence-corrected chi connectivity index (χ2v) is 3.44. The molecule has 0 bridgehead atoms. The van der Waals surface area contributed by atoms with Crippen molar-refractivity contribution in [2.45, 2.75) is 13.3 Å². The van der Waals surface area contributed by atoms with Gasteiger partial charge in [0.1, 0.15) is 0 Å². The Morgan fingerprint density at radius 3 is 2.40 bits per heavy atom. The molecule has 1 heterocycles. The normalized spacial score (nSPS) is 10.5. The summed E-state index contributed by atoms with van der Waals surface area (Å²) in [5.41, 5.74) is 8.70. The number of anilines is 1. The number of aromatic nitrogens is 2. The molecule has 0 aliphatic rings. The smallest absolute Gasteiger partial charge is 0.219 e. The predicted octanol–water partition coefficient (Wildman–Crippen LogP) is 1.41. The Kier molecular flexibility index (Phi) is 2.33. The SMILES string of the molecule is CCc1ccc(-c2cn(N)c(N)n2)cc1. The Balaban J connectivity index is 2.37. The van der Waals surface area contributed by atoms with Crippen molar-refractivity contribution in [2.75, 3.05) is 11.6 Å². The van der Waals surface area contributed by atoms with Gasteiger partial charge in [0.2, 0.25) is 5.95 Å². The molecule has 1 aromatic carbocycles. The maximum atomic E-state index is 5.56. The van der Waals surface area contributed by atoms with Gasteiger partial charge in [-0.05, 0) is 12.0 Å². The van der Waals surface area contributed by atoms with Gasteiger partial charge >= 0.3 is 0 Å². The Morgan fingerprint density at radius 1 is 1.27 bits per heavy atom. The van der Waals surface area contributed by atoms with Crippen LogP contribution in [0.2, 0.25) is 0 Å². The van der Waals surface area contributed by atoms with Gasteiger partial charge in [0.25, 0.3) is 0 Å². The van der Waals surface area contributed by atoms with Gasteiger partial charge in [0, 0.05) is 5.56 Å². The first-order valence-corrected chi connectivity index (χ1v) is 4.90. The molecule has 0 spiro atoms. The van der Waals surface area contributed by atoms with Crippen LogP contribution in [-0.4, -0.2) is 9.66 Å². The fourth-order valence-corrected chi connectivity index (χ4v) is 1.46. The van der Waals surface area contributed by atoms with Crippen LogP contribution in [0.3, 0.4) is 0 Å². The number of aryl methyl sites for hydroxylation is 1. The van der Waals surface area contributed by atoms with E-state index in [0.29, 0.717) is 5.95 Å². The average Bonchev–Trinajstić information content (AvgIpc) is 2.59. The van der Waals surface area contributed by atoms with Crippen molar-refractivity contribution in [2.24, 2.45) is 0 Å². The number of hydrogen-bond acceptors (Lipinski definition) is 3. The van der Waals surface area contributed by atoms with E-state index in [0.717, 1.165) is 17.7 Å². The largest absolute Gasteiger partial charge is 0.368 e. The molecule has 4 nitrogen and oxygen atoms in total. The first kappa shape index (κ1) is 9.58. The standard InChI is InChI=1S/C11H14N4/c1-2-8-3-5-9(6-4-8)10-7-15(13)11(12)14-10/h3-7H,2,13H2,1H3,(H2,12,14). The van der Waals surface area contributed by atoms with Crippen molar-refractivity contribution in [3.63, 3.8) is 0 Å². The van der Waals surface area contributed by atoms with Crippen molar-refractivity contribution in [3.05, 3.63) is 36.0 Å². The number of nitrogen functional groups attached to an aromatic ring is 2. The lowest BCUT2D eigenvalue weighted by atomic mass is 10.1.